The van der Waals surface area contributed by atoms with E-state index < -0.39 is 18.6 Å². The third-order valence-corrected chi connectivity index (χ3v) is 3.05. The maximum atomic E-state index is 12.6. The molecule has 2 unspecified atom stereocenters. The first kappa shape index (κ1) is 15.0. The third kappa shape index (κ3) is 5.54. The lowest BCUT2D eigenvalue weighted by molar-refractivity contribution is -0.140. The molecule has 0 heterocycles. The van der Waals surface area contributed by atoms with Crippen LogP contribution < -0.4 is 5.32 Å². The molecule has 0 aliphatic rings. The standard InChI is InChI=1S/C14H20F3N/c1-3-11(2)10-18-13(9-14(15,16)17)12-7-5-4-6-8-12/h4-8,11,13,18H,3,9-10H2,1-2H3. The molecule has 102 valence electrons. The van der Waals surface area contributed by atoms with Gasteiger partial charge in [0.05, 0.1) is 6.42 Å². The van der Waals surface area contributed by atoms with Crippen LogP contribution in [0.4, 0.5) is 13.2 Å². The van der Waals surface area contributed by atoms with E-state index >= 15 is 0 Å². The Bertz CT molecular complexity index is 335. The fourth-order valence-corrected chi connectivity index (χ4v) is 1.71. The summed E-state index contributed by atoms with van der Waals surface area (Å²) >= 11 is 0. The zero-order chi connectivity index (χ0) is 13.6. The molecule has 0 aromatic heterocycles. The number of hydrogen-bond donors (Lipinski definition) is 1. The summed E-state index contributed by atoms with van der Waals surface area (Å²) in [5.74, 6) is 0.379. The van der Waals surface area contributed by atoms with Gasteiger partial charge in [0, 0.05) is 6.04 Å². The van der Waals surface area contributed by atoms with Crippen molar-refractivity contribution in [2.75, 3.05) is 6.54 Å². The van der Waals surface area contributed by atoms with E-state index in [-0.39, 0.29) is 0 Å². The van der Waals surface area contributed by atoms with Crippen molar-refractivity contribution >= 4 is 0 Å². The summed E-state index contributed by atoms with van der Waals surface area (Å²) in [7, 11) is 0. The van der Waals surface area contributed by atoms with E-state index in [1.54, 1.807) is 24.3 Å². The molecule has 0 saturated heterocycles. The highest BCUT2D eigenvalue weighted by molar-refractivity contribution is 5.19. The molecule has 1 N–H and O–H groups in total. The molecule has 0 amide bonds. The Morgan fingerprint density at radius 1 is 1.17 bits per heavy atom. The lowest BCUT2D eigenvalue weighted by atomic mass is 10.0. The van der Waals surface area contributed by atoms with Crippen molar-refractivity contribution in [3.8, 4) is 0 Å². The van der Waals surface area contributed by atoms with Gasteiger partial charge in [-0.2, -0.15) is 13.2 Å². The van der Waals surface area contributed by atoms with Gasteiger partial charge in [-0.05, 0) is 18.0 Å². The normalized spacial score (nSPS) is 15.4. The molecule has 0 fully saturated rings. The Morgan fingerprint density at radius 2 is 1.78 bits per heavy atom. The number of hydrogen-bond acceptors (Lipinski definition) is 1. The smallest absolute Gasteiger partial charge is 0.309 e. The lowest BCUT2D eigenvalue weighted by Gasteiger charge is -2.22. The van der Waals surface area contributed by atoms with E-state index in [4.69, 9.17) is 0 Å². The van der Waals surface area contributed by atoms with Crippen LogP contribution in [-0.2, 0) is 0 Å². The Morgan fingerprint density at radius 3 is 2.28 bits per heavy atom. The molecular weight excluding hydrogens is 239 g/mol. The van der Waals surface area contributed by atoms with Gasteiger partial charge < -0.3 is 5.32 Å². The maximum absolute atomic E-state index is 12.6. The molecule has 0 aliphatic carbocycles. The second kappa shape index (κ2) is 6.78. The second-order valence-corrected chi connectivity index (χ2v) is 4.70. The molecule has 18 heavy (non-hydrogen) atoms. The first-order valence-corrected chi connectivity index (χ1v) is 6.27. The Kier molecular flexibility index (Phi) is 5.66. The number of rotatable bonds is 6. The Balaban J connectivity index is 2.70. The fraction of sp³-hybridized carbons (Fsp3) is 0.571. The molecule has 0 aliphatic heterocycles. The highest BCUT2D eigenvalue weighted by atomic mass is 19.4. The van der Waals surface area contributed by atoms with Gasteiger partial charge in [-0.15, -0.1) is 0 Å². The molecule has 0 spiro atoms. The van der Waals surface area contributed by atoms with Crippen molar-refractivity contribution in [3.63, 3.8) is 0 Å². The van der Waals surface area contributed by atoms with Crippen LogP contribution in [0, 0.1) is 5.92 Å². The van der Waals surface area contributed by atoms with Crippen LogP contribution in [0.5, 0.6) is 0 Å². The summed E-state index contributed by atoms with van der Waals surface area (Å²) in [6, 6.07) is 8.16. The number of benzene rings is 1. The van der Waals surface area contributed by atoms with Crippen LogP contribution in [0.2, 0.25) is 0 Å². The van der Waals surface area contributed by atoms with Gasteiger partial charge in [0.1, 0.15) is 0 Å². The highest BCUT2D eigenvalue weighted by Gasteiger charge is 2.32. The summed E-state index contributed by atoms with van der Waals surface area (Å²) in [4.78, 5) is 0. The van der Waals surface area contributed by atoms with Gasteiger partial charge in [-0.3, -0.25) is 0 Å². The van der Waals surface area contributed by atoms with Crippen LogP contribution in [-0.4, -0.2) is 12.7 Å². The molecular formula is C14H20F3N. The molecule has 1 rings (SSSR count). The zero-order valence-corrected chi connectivity index (χ0v) is 10.8. The number of nitrogens with one attached hydrogen (secondary N) is 1. The summed E-state index contributed by atoms with van der Waals surface area (Å²) in [6.07, 6.45) is -4.02. The van der Waals surface area contributed by atoms with Crippen LogP contribution in [0.1, 0.15) is 38.3 Å². The van der Waals surface area contributed by atoms with Crippen molar-refractivity contribution in [2.45, 2.75) is 38.9 Å². The second-order valence-electron chi connectivity index (χ2n) is 4.70. The first-order valence-electron chi connectivity index (χ1n) is 6.27. The molecule has 1 aromatic rings. The van der Waals surface area contributed by atoms with E-state index in [2.05, 4.69) is 5.32 Å². The summed E-state index contributed by atoms with van der Waals surface area (Å²) in [5.41, 5.74) is 0.693. The molecule has 2 atom stereocenters. The van der Waals surface area contributed by atoms with Crippen molar-refractivity contribution in [1.29, 1.82) is 0 Å². The summed E-state index contributed by atoms with van der Waals surface area (Å²) in [6.45, 7) is 4.67. The first-order chi connectivity index (χ1) is 8.42. The average Bonchev–Trinajstić information content (AvgIpc) is 2.33. The average molecular weight is 259 g/mol. The van der Waals surface area contributed by atoms with Crippen molar-refractivity contribution < 1.29 is 13.2 Å². The topological polar surface area (TPSA) is 12.0 Å². The summed E-state index contributed by atoms with van der Waals surface area (Å²) < 4.78 is 37.7. The molecule has 0 saturated carbocycles. The SMILES string of the molecule is CCC(C)CNC(CC(F)(F)F)c1ccccc1. The van der Waals surface area contributed by atoms with Crippen molar-refractivity contribution in [1.82, 2.24) is 5.32 Å². The van der Waals surface area contributed by atoms with Gasteiger partial charge in [0.15, 0.2) is 0 Å². The number of halogens is 3. The van der Waals surface area contributed by atoms with Gasteiger partial charge in [-0.1, -0.05) is 50.6 Å². The monoisotopic (exact) mass is 259 g/mol. The van der Waals surface area contributed by atoms with Gasteiger partial charge in [0.2, 0.25) is 0 Å². The quantitative estimate of drug-likeness (QED) is 0.802. The molecule has 0 radical (unpaired) electrons. The Labute approximate surface area is 106 Å². The van der Waals surface area contributed by atoms with Crippen LogP contribution >= 0.6 is 0 Å². The van der Waals surface area contributed by atoms with Crippen LogP contribution in [0.3, 0.4) is 0 Å². The molecule has 1 aromatic carbocycles. The van der Waals surface area contributed by atoms with Crippen LogP contribution in [0.25, 0.3) is 0 Å². The van der Waals surface area contributed by atoms with Crippen LogP contribution in [0.15, 0.2) is 30.3 Å². The van der Waals surface area contributed by atoms with E-state index in [0.29, 0.717) is 18.0 Å². The minimum Gasteiger partial charge on any atom is -0.309 e. The molecule has 1 nitrogen and oxygen atoms in total. The lowest BCUT2D eigenvalue weighted by Crippen LogP contribution is -2.30. The molecule has 4 heteroatoms. The summed E-state index contributed by atoms with van der Waals surface area (Å²) in [5, 5.41) is 3.02. The predicted molar refractivity (Wildman–Crippen MR) is 67.3 cm³/mol. The minimum atomic E-state index is -4.15. The van der Waals surface area contributed by atoms with E-state index in [9.17, 15) is 13.2 Å². The van der Waals surface area contributed by atoms with E-state index in [0.717, 1.165) is 6.42 Å². The van der Waals surface area contributed by atoms with Crippen molar-refractivity contribution in [2.24, 2.45) is 5.92 Å². The largest absolute Gasteiger partial charge is 0.390 e. The fourth-order valence-electron chi connectivity index (χ4n) is 1.71. The van der Waals surface area contributed by atoms with Gasteiger partial charge >= 0.3 is 6.18 Å². The Hall–Kier alpha value is -1.03. The van der Waals surface area contributed by atoms with Crippen molar-refractivity contribution in [3.05, 3.63) is 35.9 Å². The van der Waals surface area contributed by atoms with Gasteiger partial charge in [-0.25, -0.2) is 0 Å². The highest BCUT2D eigenvalue weighted by Crippen LogP contribution is 2.29. The number of alkyl halides is 3. The van der Waals surface area contributed by atoms with E-state index in [1.165, 1.54) is 0 Å². The molecule has 0 bridgehead atoms. The van der Waals surface area contributed by atoms with E-state index in [1.807, 2.05) is 19.9 Å². The predicted octanol–water partition coefficient (Wildman–Crippen LogP) is 4.32. The minimum absolute atomic E-state index is 0.379. The maximum Gasteiger partial charge on any atom is 0.390 e. The zero-order valence-electron chi connectivity index (χ0n) is 10.8. The third-order valence-electron chi connectivity index (χ3n) is 3.05. The van der Waals surface area contributed by atoms with Gasteiger partial charge in [0.25, 0.3) is 0 Å².